The Morgan fingerprint density at radius 2 is 2.25 bits per heavy atom. The average Bonchev–Trinajstić information content (AvgIpc) is 2.95. The molecule has 0 amide bonds. The van der Waals surface area contributed by atoms with Crippen LogP contribution in [0.15, 0.2) is 0 Å². The number of ketones is 1. The van der Waals surface area contributed by atoms with Crippen LogP contribution in [0.3, 0.4) is 0 Å². The van der Waals surface area contributed by atoms with Crippen molar-refractivity contribution in [3.63, 3.8) is 0 Å². The molecule has 90 valence electrons. The first-order valence-corrected chi connectivity index (χ1v) is 6.23. The highest BCUT2D eigenvalue weighted by atomic mass is 16.5. The molecule has 0 aromatic carbocycles. The van der Waals surface area contributed by atoms with E-state index in [0.29, 0.717) is 35.9 Å². The van der Waals surface area contributed by atoms with Crippen LogP contribution < -0.4 is 0 Å². The summed E-state index contributed by atoms with van der Waals surface area (Å²) in [7, 11) is 1.43. The van der Waals surface area contributed by atoms with Gasteiger partial charge in [0.05, 0.1) is 7.11 Å². The third kappa shape index (κ3) is 2.28. The molecular formula is C13H20O3. The van der Waals surface area contributed by atoms with E-state index in [1.165, 1.54) is 7.11 Å². The molecule has 2 fully saturated rings. The number of carbonyl (C=O) groups excluding carboxylic acids is 2. The largest absolute Gasteiger partial charge is 0.469 e. The summed E-state index contributed by atoms with van der Waals surface area (Å²) in [5.41, 5.74) is 0. The zero-order chi connectivity index (χ0) is 11.7. The molecule has 0 aliphatic heterocycles. The Balaban J connectivity index is 1.78. The SMILES string of the molecule is COC(=O)CC[C@H]1C[C@H]1[C@H]1C(=O)CC[C@H]1C. The van der Waals surface area contributed by atoms with Crippen molar-refractivity contribution in [2.45, 2.75) is 39.0 Å². The number of rotatable bonds is 4. The van der Waals surface area contributed by atoms with Crippen LogP contribution >= 0.6 is 0 Å². The molecule has 0 bridgehead atoms. The molecule has 0 unspecified atom stereocenters. The van der Waals surface area contributed by atoms with Crippen molar-refractivity contribution in [1.82, 2.24) is 0 Å². The standard InChI is InChI=1S/C13H20O3/c1-8-3-5-11(14)13(8)10-7-9(10)4-6-12(15)16-2/h8-10,13H,3-7H2,1-2H3/t8-,9+,10-,13+/m1/s1. The monoisotopic (exact) mass is 224 g/mol. The summed E-state index contributed by atoms with van der Waals surface area (Å²) in [5.74, 6) is 2.33. The summed E-state index contributed by atoms with van der Waals surface area (Å²) in [5, 5.41) is 0. The first-order valence-electron chi connectivity index (χ1n) is 6.23. The molecule has 2 saturated carbocycles. The Hall–Kier alpha value is -0.860. The van der Waals surface area contributed by atoms with Crippen LogP contribution in [0.25, 0.3) is 0 Å². The Kier molecular flexibility index (Phi) is 3.31. The van der Waals surface area contributed by atoms with Crippen LogP contribution in [0.4, 0.5) is 0 Å². The van der Waals surface area contributed by atoms with Crippen LogP contribution in [0, 0.1) is 23.7 Å². The van der Waals surface area contributed by atoms with Gasteiger partial charge >= 0.3 is 5.97 Å². The normalized spacial score (nSPS) is 37.5. The summed E-state index contributed by atoms with van der Waals surface area (Å²) in [4.78, 5) is 22.7. The summed E-state index contributed by atoms with van der Waals surface area (Å²) in [6.07, 6.45) is 4.37. The zero-order valence-corrected chi connectivity index (χ0v) is 10.1. The van der Waals surface area contributed by atoms with Gasteiger partial charge in [0.1, 0.15) is 5.78 Å². The molecular weight excluding hydrogens is 204 g/mol. The molecule has 16 heavy (non-hydrogen) atoms. The minimum absolute atomic E-state index is 0.128. The van der Waals surface area contributed by atoms with Gasteiger partial charge in [0.15, 0.2) is 0 Å². The highest BCUT2D eigenvalue weighted by Gasteiger charge is 2.49. The molecule has 2 rings (SSSR count). The Morgan fingerprint density at radius 3 is 2.81 bits per heavy atom. The third-order valence-electron chi connectivity index (χ3n) is 4.22. The van der Waals surface area contributed by atoms with E-state index in [1.807, 2.05) is 0 Å². The van der Waals surface area contributed by atoms with Crippen LogP contribution in [-0.2, 0) is 14.3 Å². The lowest BCUT2D eigenvalue weighted by molar-refractivity contribution is -0.140. The molecule has 0 saturated heterocycles. The maximum absolute atomic E-state index is 11.7. The van der Waals surface area contributed by atoms with Crippen molar-refractivity contribution in [3.05, 3.63) is 0 Å². The van der Waals surface area contributed by atoms with Gasteiger partial charge in [-0.15, -0.1) is 0 Å². The second kappa shape index (κ2) is 4.56. The molecule has 2 aliphatic rings. The summed E-state index contributed by atoms with van der Waals surface area (Å²) < 4.78 is 4.63. The molecule has 0 spiro atoms. The minimum atomic E-state index is -0.128. The van der Waals surface area contributed by atoms with E-state index >= 15 is 0 Å². The minimum Gasteiger partial charge on any atom is -0.469 e. The van der Waals surface area contributed by atoms with Crippen molar-refractivity contribution in [2.24, 2.45) is 23.7 Å². The van der Waals surface area contributed by atoms with E-state index in [9.17, 15) is 9.59 Å². The fraction of sp³-hybridized carbons (Fsp3) is 0.846. The smallest absolute Gasteiger partial charge is 0.305 e. The highest BCUT2D eigenvalue weighted by molar-refractivity contribution is 5.84. The topological polar surface area (TPSA) is 43.4 Å². The van der Waals surface area contributed by atoms with Crippen molar-refractivity contribution in [3.8, 4) is 0 Å². The Labute approximate surface area is 96.5 Å². The quantitative estimate of drug-likeness (QED) is 0.687. The van der Waals surface area contributed by atoms with E-state index in [1.54, 1.807) is 0 Å². The lowest BCUT2D eigenvalue weighted by Gasteiger charge is -2.13. The van der Waals surface area contributed by atoms with Crippen molar-refractivity contribution >= 4 is 11.8 Å². The van der Waals surface area contributed by atoms with Gasteiger partial charge in [-0.25, -0.2) is 0 Å². The van der Waals surface area contributed by atoms with Gasteiger partial charge in [-0.2, -0.15) is 0 Å². The summed E-state index contributed by atoms with van der Waals surface area (Å²) in [6.45, 7) is 2.19. The lowest BCUT2D eigenvalue weighted by Crippen LogP contribution is -2.16. The molecule has 4 atom stereocenters. The van der Waals surface area contributed by atoms with Crippen LogP contribution in [0.5, 0.6) is 0 Å². The van der Waals surface area contributed by atoms with Gasteiger partial charge in [-0.3, -0.25) is 9.59 Å². The second-order valence-corrected chi connectivity index (χ2v) is 5.28. The fourth-order valence-electron chi connectivity index (χ4n) is 3.14. The van der Waals surface area contributed by atoms with E-state index in [0.717, 1.165) is 25.7 Å². The molecule has 0 aromatic heterocycles. The molecule has 0 N–H and O–H groups in total. The number of carbonyl (C=O) groups is 2. The maximum atomic E-state index is 11.7. The van der Waals surface area contributed by atoms with Crippen LogP contribution in [0.1, 0.15) is 39.0 Å². The van der Waals surface area contributed by atoms with Gasteiger partial charge in [-0.05, 0) is 37.0 Å². The predicted octanol–water partition coefficient (Wildman–Crippen LogP) is 2.19. The number of methoxy groups -OCH3 is 1. The summed E-state index contributed by atoms with van der Waals surface area (Å²) in [6, 6.07) is 0. The lowest BCUT2D eigenvalue weighted by atomic mass is 9.90. The molecule has 0 heterocycles. The maximum Gasteiger partial charge on any atom is 0.305 e. The average molecular weight is 224 g/mol. The van der Waals surface area contributed by atoms with Gasteiger partial charge in [0.2, 0.25) is 0 Å². The molecule has 2 aliphatic carbocycles. The Morgan fingerprint density at radius 1 is 1.50 bits per heavy atom. The molecule has 3 nitrogen and oxygen atoms in total. The van der Waals surface area contributed by atoms with Crippen LogP contribution in [0.2, 0.25) is 0 Å². The van der Waals surface area contributed by atoms with Crippen molar-refractivity contribution in [1.29, 1.82) is 0 Å². The van der Waals surface area contributed by atoms with Gasteiger partial charge in [-0.1, -0.05) is 6.92 Å². The number of esters is 1. The first kappa shape index (κ1) is 11.6. The van der Waals surface area contributed by atoms with Crippen LogP contribution in [-0.4, -0.2) is 18.9 Å². The summed E-state index contributed by atoms with van der Waals surface area (Å²) >= 11 is 0. The van der Waals surface area contributed by atoms with Gasteiger partial charge < -0.3 is 4.74 Å². The van der Waals surface area contributed by atoms with Gasteiger partial charge in [0, 0.05) is 18.8 Å². The molecule has 0 radical (unpaired) electrons. The number of hydrogen-bond donors (Lipinski definition) is 0. The number of ether oxygens (including phenoxy) is 1. The number of hydrogen-bond acceptors (Lipinski definition) is 3. The Bertz CT molecular complexity index is 298. The number of Topliss-reactive ketones (excluding diaryl/α,β-unsaturated/α-hetero) is 1. The van der Waals surface area contributed by atoms with E-state index in [2.05, 4.69) is 11.7 Å². The third-order valence-corrected chi connectivity index (χ3v) is 4.22. The van der Waals surface area contributed by atoms with E-state index in [-0.39, 0.29) is 5.97 Å². The van der Waals surface area contributed by atoms with E-state index < -0.39 is 0 Å². The zero-order valence-electron chi connectivity index (χ0n) is 10.1. The van der Waals surface area contributed by atoms with E-state index in [4.69, 9.17) is 0 Å². The molecule has 0 aromatic rings. The second-order valence-electron chi connectivity index (χ2n) is 5.28. The molecule has 3 heteroatoms. The van der Waals surface area contributed by atoms with Crippen molar-refractivity contribution < 1.29 is 14.3 Å². The predicted molar refractivity (Wildman–Crippen MR) is 59.7 cm³/mol. The van der Waals surface area contributed by atoms with Crippen molar-refractivity contribution in [2.75, 3.05) is 7.11 Å². The fourth-order valence-corrected chi connectivity index (χ4v) is 3.14. The first-order chi connectivity index (χ1) is 7.63. The van der Waals surface area contributed by atoms with Gasteiger partial charge in [0.25, 0.3) is 0 Å². The highest BCUT2D eigenvalue weighted by Crippen LogP contribution is 2.52.